The Balaban J connectivity index is 1.78. The molecule has 0 saturated carbocycles. The normalized spacial score (nSPS) is 11.3. The second-order valence-electron chi connectivity index (χ2n) is 5.34. The molecule has 0 atom stereocenters. The topological polar surface area (TPSA) is 73.2 Å². The number of halogens is 1. The van der Waals surface area contributed by atoms with Crippen molar-refractivity contribution in [2.45, 2.75) is 11.4 Å². The van der Waals surface area contributed by atoms with Crippen molar-refractivity contribution in [1.82, 2.24) is 9.78 Å². The SMILES string of the molecule is COc1ccc(S(=O)(=O)Nc2cccc(Cn3cc(Br)cn3)c2)cc1. The molecule has 0 unspecified atom stereocenters. The molecule has 3 aromatic rings. The molecule has 1 heterocycles. The molecule has 0 aliphatic carbocycles. The van der Waals surface area contributed by atoms with Crippen molar-refractivity contribution < 1.29 is 13.2 Å². The van der Waals surface area contributed by atoms with Crippen LogP contribution in [0.1, 0.15) is 5.56 Å². The fourth-order valence-electron chi connectivity index (χ4n) is 2.31. The van der Waals surface area contributed by atoms with Gasteiger partial charge in [-0.15, -0.1) is 0 Å². The van der Waals surface area contributed by atoms with Crippen LogP contribution in [-0.2, 0) is 16.6 Å². The molecule has 0 radical (unpaired) electrons. The number of aromatic nitrogens is 2. The smallest absolute Gasteiger partial charge is 0.261 e. The Bertz CT molecular complexity index is 969. The summed E-state index contributed by atoms with van der Waals surface area (Å²) in [5.41, 5.74) is 1.44. The van der Waals surface area contributed by atoms with Gasteiger partial charge in [-0.05, 0) is 57.9 Å². The second kappa shape index (κ2) is 7.28. The van der Waals surface area contributed by atoms with Crippen LogP contribution in [0.15, 0.2) is 70.3 Å². The molecule has 1 N–H and O–H groups in total. The van der Waals surface area contributed by atoms with Crippen molar-refractivity contribution in [3.8, 4) is 5.75 Å². The molecule has 0 bridgehead atoms. The third kappa shape index (κ3) is 4.40. The van der Waals surface area contributed by atoms with Crippen LogP contribution in [-0.4, -0.2) is 25.3 Å². The fraction of sp³-hybridized carbons (Fsp3) is 0.118. The Morgan fingerprint density at radius 1 is 1.20 bits per heavy atom. The summed E-state index contributed by atoms with van der Waals surface area (Å²) < 4.78 is 35.3. The van der Waals surface area contributed by atoms with Gasteiger partial charge in [0.25, 0.3) is 10.0 Å². The van der Waals surface area contributed by atoms with Crippen molar-refractivity contribution in [3.63, 3.8) is 0 Å². The fourth-order valence-corrected chi connectivity index (χ4v) is 3.69. The zero-order valence-electron chi connectivity index (χ0n) is 13.4. The van der Waals surface area contributed by atoms with Gasteiger partial charge < -0.3 is 4.74 Å². The molecule has 0 saturated heterocycles. The highest BCUT2D eigenvalue weighted by atomic mass is 79.9. The zero-order valence-corrected chi connectivity index (χ0v) is 15.8. The minimum atomic E-state index is -3.66. The Hall–Kier alpha value is -2.32. The van der Waals surface area contributed by atoms with Gasteiger partial charge in [0.05, 0.1) is 29.2 Å². The summed E-state index contributed by atoms with van der Waals surface area (Å²) in [6, 6.07) is 13.5. The highest BCUT2D eigenvalue weighted by Crippen LogP contribution is 2.20. The van der Waals surface area contributed by atoms with Crippen LogP contribution in [0.3, 0.4) is 0 Å². The lowest BCUT2D eigenvalue weighted by atomic mass is 10.2. The van der Waals surface area contributed by atoms with E-state index < -0.39 is 10.0 Å². The first-order valence-corrected chi connectivity index (χ1v) is 9.68. The van der Waals surface area contributed by atoms with E-state index in [0.29, 0.717) is 18.0 Å². The van der Waals surface area contributed by atoms with Crippen LogP contribution in [0.4, 0.5) is 5.69 Å². The number of hydrogen-bond donors (Lipinski definition) is 1. The number of nitrogens with zero attached hydrogens (tertiary/aromatic N) is 2. The molecule has 130 valence electrons. The van der Waals surface area contributed by atoms with Crippen LogP contribution < -0.4 is 9.46 Å². The lowest BCUT2D eigenvalue weighted by molar-refractivity contribution is 0.414. The summed E-state index contributed by atoms with van der Waals surface area (Å²) in [5, 5.41) is 4.20. The second-order valence-corrected chi connectivity index (χ2v) is 7.94. The van der Waals surface area contributed by atoms with E-state index in [1.807, 2.05) is 12.3 Å². The van der Waals surface area contributed by atoms with Crippen molar-refractivity contribution in [1.29, 1.82) is 0 Å². The maximum Gasteiger partial charge on any atom is 0.261 e. The largest absolute Gasteiger partial charge is 0.497 e. The summed E-state index contributed by atoms with van der Waals surface area (Å²) in [7, 11) is -2.13. The maximum absolute atomic E-state index is 12.5. The molecular weight excluding hydrogens is 406 g/mol. The highest BCUT2D eigenvalue weighted by molar-refractivity contribution is 9.10. The minimum Gasteiger partial charge on any atom is -0.497 e. The molecule has 8 heteroatoms. The molecule has 6 nitrogen and oxygen atoms in total. The number of methoxy groups -OCH3 is 1. The highest BCUT2D eigenvalue weighted by Gasteiger charge is 2.14. The molecule has 1 aromatic heterocycles. The lowest BCUT2D eigenvalue weighted by Gasteiger charge is -2.10. The third-order valence-corrected chi connectivity index (χ3v) is 5.30. The van der Waals surface area contributed by atoms with E-state index in [2.05, 4.69) is 25.8 Å². The van der Waals surface area contributed by atoms with Crippen molar-refractivity contribution in [2.24, 2.45) is 0 Å². The van der Waals surface area contributed by atoms with Crippen LogP contribution in [0.5, 0.6) is 5.75 Å². The van der Waals surface area contributed by atoms with E-state index in [1.165, 1.54) is 19.2 Å². The van der Waals surface area contributed by atoms with Crippen LogP contribution in [0.2, 0.25) is 0 Å². The Labute approximate surface area is 154 Å². The average Bonchev–Trinajstić information content (AvgIpc) is 2.99. The van der Waals surface area contributed by atoms with Gasteiger partial charge in [0.1, 0.15) is 5.75 Å². The molecule has 0 aliphatic heterocycles. The maximum atomic E-state index is 12.5. The van der Waals surface area contributed by atoms with E-state index in [-0.39, 0.29) is 4.90 Å². The van der Waals surface area contributed by atoms with Gasteiger partial charge in [-0.1, -0.05) is 12.1 Å². The number of benzene rings is 2. The van der Waals surface area contributed by atoms with Gasteiger partial charge >= 0.3 is 0 Å². The van der Waals surface area contributed by atoms with Gasteiger partial charge in [-0.2, -0.15) is 5.10 Å². The van der Waals surface area contributed by atoms with E-state index in [1.54, 1.807) is 41.2 Å². The predicted octanol–water partition coefficient (Wildman–Crippen LogP) is 3.50. The van der Waals surface area contributed by atoms with Gasteiger partial charge in [-0.25, -0.2) is 8.42 Å². The van der Waals surface area contributed by atoms with Gasteiger partial charge in [-0.3, -0.25) is 9.40 Å². The molecule has 0 aliphatic rings. The number of hydrogen-bond acceptors (Lipinski definition) is 4. The van der Waals surface area contributed by atoms with Crippen LogP contribution in [0, 0.1) is 0 Å². The number of rotatable bonds is 6. The minimum absolute atomic E-state index is 0.176. The first-order valence-electron chi connectivity index (χ1n) is 7.40. The number of nitrogens with one attached hydrogen (secondary N) is 1. The van der Waals surface area contributed by atoms with Crippen molar-refractivity contribution >= 4 is 31.6 Å². The van der Waals surface area contributed by atoms with Gasteiger partial charge in [0.15, 0.2) is 0 Å². The quantitative estimate of drug-likeness (QED) is 0.660. The van der Waals surface area contributed by atoms with E-state index in [0.717, 1.165) is 10.0 Å². The zero-order chi connectivity index (χ0) is 17.9. The molecule has 0 spiro atoms. The van der Waals surface area contributed by atoms with E-state index >= 15 is 0 Å². The Morgan fingerprint density at radius 3 is 2.60 bits per heavy atom. The first-order chi connectivity index (χ1) is 12.0. The molecule has 25 heavy (non-hydrogen) atoms. The summed E-state index contributed by atoms with van der Waals surface area (Å²) in [6.45, 7) is 0.545. The van der Waals surface area contributed by atoms with Gasteiger partial charge in [0.2, 0.25) is 0 Å². The first kappa shape index (κ1) is 17.5. The van der Waals surface area contributed by atoms with Crippen molar-refractivity contribution in [2.75, 3.05) is 11.8 Å². The van der Waals surface area contributed by atoms with Crippen LogP contribution >= 0.6 is 15.9 Å². The Kier molecular flexibility index (Phi) is 5.10. The number of sulfonamides is 1. The molecule has 2 aromatic carbocycles. The monoisotopic (exact) mass is 421 g/mol. The van der Waals surface area contributed by atoms with E-state index in [9.17, 15) is 8.42 Å². The lowest BCUT2D eigenvalue weighted by Crippen LogP contribution is -2.13. The average molecular weight is 422 g/mol. The van der Waals surface area contributed by atoms with E-state index in [4.69, 9.17) is 4.74 Å². The third-order valence-electron chi connectivity index (χ3n) is 3.50. The number of ether oxygens (including phenoxy) is 1. The summed E-state index contributed by atoms with van der Waals surface area (Å²) in [4.78, 5) is 0.176. The summed E-state index contributed by atoms with van der Waals surface area (Å²) in [5.74, 6) is 0.603. The van der Waals surface area contributed by atoms with Crippen LogP contribution in [0.25, 0.3) is 0 Å². The summed E-state index contributed by atoms with van der Waals surface area (Å²) >= 11 is 3.35. The van der Waals surface area contributed by atoms with Gasteiger partial charge in [0, 0.05) is 11.9 Å². The molecule has 3 rings (SSSR count). The molecule has 0 fully saturated rings. The number of anilines is 1. The Morgan fingerprint density at radius 2 is 1.96 bits per heavy atom. The standard InChI is InChI=1S/C17H16BrN3O3S/c1-24-16-5-7-17(8-6-16)25(22,23)20-15-4-2-3-13(9-15)11-21-12-14(18)10-19-21/h2-10,12,20H,11H2,1H3. The molecule has 0 amide bonds. The molecular formula is C17H16BrN3O3S. The predicted molar refractivity (Wildman–Crippen MR) is 99.3 cm³/mol. The van der Waals surface area contributed by atoms with Crippen molar-refractivity contribution in [3.05, 3.63) is 71.0 Å². The summed E-state index contributed by atoms with van der Waals surface area (Å²) in [6.07, 6.45) is 3.56.